The number of nitrogens with zero attached hydrogens (tertiary/aromatic N) is 1. The summed E-state index contributed by atoms with van der Waals surface area (Å²) < 4.78 is 10.7. The number of carbonyl (C=O) groups excluding carboxylic acids is 1. The zero-order valence-corrected chi connectivity index (χ0v) is 12.7. The van der Waals surface area contributed by atoms with E-state index in [1.807, 2.05) is 11.0 Å². The monoisotopic (exact) mass is 314 g/mol. The third-order valence-corrected chi connectivity index (χ3v) is 4.70. The van der Waals surface area contributed by atoms with Crippen LogP contribution in [0.1, 0.15) is 0 Å². The van der Waals surface area contributed by atoms with Crippen molar-refractivity contribution >= 4 is 16.9 Å². The lowest BCUT2D eigenvalue weighted by Crippen LogP contribution is -2.35. The first kappa shape index (κ1) is 14.3. The van der Waals surface area contributed by atoms with E-state index in [-0.39, 0.29) is 12.5 Å². The molecule has 4 rings (SSSR count). The zero-order chi connectivity index (χ0) is 15.8. The van der Waals surface area contributed by atoms with Gasteiger partial charge in [-0.2, -0.15) is 0 Å². The summed E-state index contributed by atoms with van der Waals surface area (Å²) in [7, 11) is 0. The van der Waals surface area contributed by atoms with E-state index in [1.165, 1.54) is 6.07 Å². The van der Waals surface area contributed by atoms with Gasteiger partial charge in [0.15, 0.2) is 6.61 Å². The molecule has 23 heavy (non-hydrogen) atoms. The number of fused-ring (bicyclic) bond motifs is 2. The summed E-state index contributed by atoms with van der Waals surface area (Å²) in [6, 6.07) is 8.31. The molecule has 1 aromatic heterocycles. The maximum absolute atomic E-state index is 12.3. The maximum atomic E-state index is 12.3. The van der Waals surface area contributed by atoms with Crippen LogP contribution in [0.3, 0.4) is 0 Å². The van der Waals surface area contributed by atoms with Crippen molar-refractivity contribution in [3.8, 4) is 5.75 Å². The minimum absolute atomic E-state index is 0.00834. The third kappa shape index (κ3) is 2.82. The highest BCUT2D eigenvalue weighted by atomic mass is 16.5. The predicted octanol–water partition coefficient (Wildman–Crippen LogP) is 0.850. The van der Waals surface area contributed by atoms with Crippen LogP contribution in [0.15, 0.2) is 39.5 Å². The SMILES string of the molecule is O=C(COc1ccc2ccc(=O)oc2c1)N1C[C@H]2CNC[C@H]2C1. The highest BCUT2D eigenvalue weighted by molar-refractivity contribution is 5.79. The molecule has 2 atom stereocenters. The van der Waals surface area contributed by atoms with E-state index in [2.05, 4.69) is 5.32 Å². The average Bonchev–Trinajstić information content (AvgIpc) is 3.13. The number of hydrogen-bond acceptors (Lipinski definition) is 5. The topological polar surface area (TPSA) is 71.8 Å². The van der Waals surface area contributed by atoms with E-state index in [4.69, 9.17) is 9.15 Å². The summed E-state index contributed by atoms with van der Waals surface area (Å²) in [6.45, 7) is 3.63. The molecule has 2 aliphatic rings. The molecular formula is C17H18N2O4. The molecule has 0 aliphatic carbocycles. The fourth-order valence-electron chi connectivity index (χ4n) is 3.43. The molecule has 2 aliphatic heterocycles. The number of rotatable bonds is 3. The minimum atomic E-state index is -0.400. The van der Waals surface area contributed by atoms with Gasteiger partial charge in [-0.25, -0.2) is 4.79 Å². The van der Waals surface area contributed by atoms with Gasteiger partial charge in [-0.3, -0.25) is 4.79 Å². The quantitative estimate of drug-likeness (QED) is 0.851. The van der Waals surface area contributed by atoms with E-state index in [0.29, 0.717) is 23.2 Å². The molecular weight excluding hydrogens is 296 g/mol. The van der Waals surface area contributed by atoms with Crippen molar-refractivity contribution in [1.29, 1.82) is 0 Å². The van der Waals surface area contributed by atoms with Crippen LogP contribution < -0.4 is 15.7 Å². The van der Waals surface area contributed by atoms with Crippen molar-refractivity contribution in [3.05, 3.63) is 40.8 Å². The van der Waals surface area contributed by atoms with Gasteiger partial charge in [0.1, 0.15) is 11.3 Å². The molecule has 120 valence electrons. The van der Waals surface area contributed by atoms with Crippen molar-refractivity contribution < 1.29 is 13.9 Å². The summed E-state index contributed by atoms with van der Waals surface area (Å²) in [5, 5.41) is 4.18. The smallest absolute Gasteiger partial charge is 0.336 e. The highest BCUT2D eigenvalue weighted by Crippen LogP contribution is 2.26. The molecule has 1 amide bonds. The normalized spacial score (nSPS) is 23.2. The number of benzene rings is 1. The van der Waals surface area contributed by atoms with Crippen LogP contribution >= 0.6 is 0 Å². The number of carbonyl (C=O) groups is 1. The number of hydrogen-bond donors (Lipinski definition) is 1. The molecule has 1 aromatic carbocycles. The first-order valence-corrected chi connectivity index (χ1v) is 7.84. The number of likely N-dealkylation sites (tertiary alicyclic amines) is 1. The Bertz CT molecular complexity index is 789. The molecule has 1 N–H and O–H groups in total. The van der Waals surface area contributed by atoms with Gasteiger partial charge in [0.2, 0.25) is 0 Å². The second kappa shape index (κ2) is 5.70. The van der Waals surface area contributed by atoms with Crippen LogP contribution in [-0.4, -0.2) is 43.6 Å². The lowest BCUT2D eigenvalue weighted by atomic mass is 10.0. The Labute approximate surface area is 133 Å². The molecule has 0 unspecified atom stereocenters. The molecule has 6 nitrogen and oxygen atoms in total. The molecule has 0 saturated carbocycles. The van der Waals surface area contributed by atoms with Crippen LogP contribution in [0.4, 0.5) is 0 Å². The van der Waals surface area contributed by atoms with E-state index < -0.39 is 5.63 Å². The van der Waals surface area contributed by atoms with E-state index in [0.717, 1.165) is 31.6 Å². The third-order valence-electron chi connectivity index (χ3n) is 4.70. The average molecular weight is 314 g/mol. The molecule has 2 saturated heterocycles. The fraction of sp³-hybridized carbons (Fsp3) is 0.412. The van der Waals surface area contributed by atoms with Crippen molar-refractivity contribution in [2.24, 2.45) is 11.8 Å². The van der Waals surface area contributed by atoms with Gasteiger partial charge in [0.25, 0.3) is 5.91 Å². The zero-order valence-electron chi connectivity index (χ0n) is 12.7. The Kier molecular flexibility index (Phi) is 3.53. The molecule has 0 spiro atoms. The lowest BCUT2D eigenvalue weighted by molar-refractivity contribution is -0.132. The van der Waals surface area contributed by atoms with Gasteiger partial charge >= 0.3 is 5.63 Å². The molecule has 2 fully saturated rings. The summed E-state index contributed by atoms with van der Waals surface area (Å²) in [4.78, 5) is 25.4. The van der Waals surface area contributed by atoms with Gasteiger partial charge in [0.05, 0.1) is 0 Å². The number of nitrogens with one attached hydrogen (secondary N) is 1. The van der Waals surface area contributed by atoms with Crippen LogP contribution in [0.25, 0.3) is 11.0 Å². The Morgan fingerprint density at radius 1 is 1.22 bits per heavy atom. The van der Waals surface area contributed by atoms with E-state index in [9.17, 15) is 9.59 Å². The Hall–Kier alpha value is -2.34. The van der Waals surface area contributed by atoms with Crippen LogP contribution in [0, 0.1) is 11.8 Å². The number of ether oxygens (including phenoxy) is 1. The van der Waals surface area contributed by atoms with Gasteiger partial charge in [-0.15, -0.1) is 0 Å². The molecule has 0 bridgehead atoms. The standard InChI is InChI=1S/C17H18N2O4/c20-16(19-8-12-6-18-7-13(12)9-19)10-22-14-3-1-11-2-4-17(21)23-15(11)5-14/h1-5,12-13,18H,6-10H2/t12-,13+. The first-order chi connectivity index (χ1) is 11.2. The summed E-state index contributed by atoms with van der Waals surface area (Å²) in [5.41, 5.74) is 0.0622. The van der Waals surface area contributed by atoms with Crippen molar-refractivity contribution in [3.63, 3.8) is 0 Å². The minimum Gasteiger partial charge on any atom is -0.484 e. The van der Waals surface area contributed by atoms with E-state index >= 15 is 0 Å². The van der Waals surface area contributed by atoms with Crippen LogP contribution in [0.5, 0.6) is 5.75 Å². The van der Waals surface area contributed by atoms with Crippen molar-refractivity contribution in [2.75, 3.05) is 32.8 Å². The largest absolute Gasteiger partial charge is 0.484 e. The first-order valence-electron chi connectivity index (χ1n) is 7.84. The maximum Gasteiger partial charge on any atom is 0.336 e. The molecule has 2 aromatic rings. The van der Waals surface area contributed by atoms with Gasteiger partial charge < -0.3 is 19.4 Å². The number of amides is 1. The Morgan fingerprint density at radius 2 is 1.96 bits per heavy atom. The van der Waals surface area contributed by atoms with Gasteiger partial charge in [-0.1, -0.05) is 0 Å². The molecule has 3 heterocycles. The van der Waals surface area contributed by atoms with Gasteiger partial charge in [-0.05, 0) is 30.0 Å². The Morgan fingerprint density at radius 3 is 2.74 bits per heavy atom. The highest BCUT2D eigenvalue weighted by Gasteiger charge is 2.37. The summed E-state index contributed by atoms with van der Waals surface area (Å²) >= 11 is 0. The second-order valence-electron chi connectivity index (χ2n) is 6.22. The summed E-state index contributed by atoms with van der Waals surface area (Å²) in [6.07, 6.45) is 0. The summed E-state index contributed by atoms with van der Waals surface area (Å²) in [5.74, 6) is 1.69. The molecule has 0 radical (unpaired) electrons. The second-order valence-corrected chi connectivity index (χ2v) is 6.22. The van der Waals surface area contributed by atoms with Crippen LogP contribution in [-0.2, 0) is 4.79 Å². The van der Waals surface area contributed by atoms with Crippen molar-refractivity contribution in [2.45, 2.75) is 0 Å². The van der Waals surface area contributed by atoms with Crippen molar-refractivity contribution in [1.82, 2.24) is 10.2 Å². The van der Waals surface area contributed by atoms with Crippen LogP contribution in [0.2, 0.25) is 0 Å². The Balaban J connectivity index is 1.40. The fourth-order valence-corrected chi connectivity index (χ4v) is 3.43. The molecule has 6 heteroatoms. The van der Waals surface area contributed by atoms with E-state index in [1.54, 1.807) is 18.2 Å². The van der Waals surface area contributed by atoms with Gasteiger partial charge in [0, 0.05) is 43.7 Å². The predicted molar refractivity (Wildman–Crippen MR) is 84.4 cm³/mol. The lowest BCUT2D eigenvalue weighted by Gasteiger charge is -2.17.